The molecular weight excluding hydrogens is 340 g/mol. The van der Waals surface area contributed by atoms with Gasteiger partial charge in [0.25, 0.3) is 8.32 Å². The van der Waals surface area contributed by atoms with Crippen molar-refractivity contribution in [1.82, 2.24) is 0 Å². The van der Waals surface area contributed by atoms with E-state index in [1.165, 1.54) is 10.4 Å². The van der Waals surface area contributed by atoms with Crippen LogP contribution in [0.15, 0.2) is 60.7 Å². The molecule has 3 rings (SSSR count). The minimum atomic E-state index is -2.52. The summed E-state index contributed by atoms with van der Waals surface area (Å²) in [5.74, 6) is 0.157. The Morgan fingerprint density at radius 1 is 0.962 bits per heavy atom. The molecule has 0 unspecified atom stereocenters. The highest BCUT2D eigenvalue weighted by Gasteiger charge is 2.51. The second-order valence-corrected chi connectivity index (χ2v) is 12.7. The van der Waals surface area contributed by atoms with Gasteiger partial charge in [0, 0.05) is 19.1 Å². The van der Waals surface area contributed by atoms with Gasteiger partial charge < -0.3 is 14.6 Å². The maximum atomic E-state index is 9.90. The third-order valence-corrected chi connectivity index (χ3v) is 10.8. The van der Waals surface area contributed by atoms with Crippen molar-refractivity contribution in [1.29, 1.82) is 0 Å². The molecule has 0 heterocycles. The maximum absolute atomic E-state index is 9.90. The normalized spacial score (nSPS) is 23.5. The van der Waals surface area contributed by atoms with Crippen molar-refractivity contribution >= 4 is 18.7 Å². The van der Waals surface area contributed by atoms with Crippen LogP contribution in [0.1, 0.15) is 27.2 Å². The van der Waals surface area contributed by atoms with Crippen LogP contribution in [0.3, 0.4) is 0 Å². The fourth-order valence-electron chi connectivity index (χ4n) is 4.23. The van der Waals surface area contributed by atoms with Gasteiger partial charge in [-0.25, -0.2) is 0 Å². The van der Waals surface area contributed by atoms with Crippen molar-refractivity contribution in [3.05, 3.63) is 60.7 Å². The van der Waals surface area contributed by atoms with Gasteiger partial charge in [-0.15, -0.1) is 0 Å². The van der Waals surface area contributed by atoms with Gasteiger partial charge in [0.05, 0.1) is 6.10 Å². The van der Waals surface area contributed by atoms with Crippen LogP contribution in [0.2, 0.25) is 5.04 Å². The SMILES string of the molecule is CC(C)(C)[Si](OC[C@@H]1C[C@@H](O)[C@H]1CO)(c1ccccc1)c1ccccc1. The first kappa shape index (κ1) is 19.3. The third-order valence-electron chi connectivity index (χ3n) is 5.79. The largest absolute Gasteiger partial charge is 0.407 e. The molecule has 1 aliphatic rings. The van der Waals surface area contributed by atoms with E-state index >= 15 is 0 Å². The minimum Gasteiger partial charge on any atom is -0.407 e. The Hall–Kier alpha value is -1.46. The molecule has 1 aliphatic carbocycles. The van der Waals surface area contributed by atoms with E-state index < -0.39 is 14.4 Å². The van der Waals surface area contributed by atoms with Crippen LogP contribution < -0.4 is 10.4 Å². The quantitative estimate of drug-likeness (QED) is 0.769. The van der Waals surface area contributed by atoms with Crippen molar-refractivity contribution < 1.29 is 14.6 Å². The monoisotopic (exact) mass is 370 g/mol. The van der Waals surface area contributed by atoms with Crippen LogP contribution in [0.25, 0.3) is 0 Å². The first-order chi connectivity index (χ1) is 12.4. The van der Waals surface area contributed by atoms with Gasteiger partial charge in [-0.2, -0.15) is 0 Å². The highest BCUT2D eigenvalue weighted by Crippen LogP contribution is 2.40. The van der Waals surface area contributed by atoms with Crippen molar-refractivity contribution in [2.45, 2.75) is 38.3 Å². The van der Waals surface area contributed by atoms with Crippen LogP contribution in [-0.2, 0) is 4.43 Å². The summed E-state index contributed by atoms with van der Waals surface area (Å²) in [4.78, 5) is 0. The Kier molecular flexibility index (Phi) is 5.68. The molecule has 0 bridgehead atoms. The van der Waals surface area contributed by atoms with Crippen LogP contribution in [0, 0.1) is 11.8 Å². The molecule has 140 valence electrons. The van der Waals surface area contributed by atoms with Crippen molar-refractivity contribution in [2.75, 3.05) is 13.2 Å². The van der Waals surface area contributed by atoms with Crippen LogP contribution in [-0.4, -0.2) is 37.8 Å². The number of rotatable bonds is 6. The van der Waals surface area contributed by atoms with Gasteiger partial charge in [-0.3, -0.25) is 0 Å². The second-order valence-electron chi connectivity index (χ2n) is 8.38. The van der Waals surface area contributed by atoms with Crippen molar-refractivity contribution in [3.8, 4) is 0 Å². The maximum Gasteiger partial charge on any atom is 0.261 e. The molecule has 2 aromatic rings. The van der Waals surface area contributed by atoms with Crippen molar-refractivity contribution in [3.63, 3.8) is 0 Å². The first-order valence-corrected chi connectivity index (χ1v) is 11.3. The fourth-order valence-corrected chi connectivity index (χ4v) is 8.85. The zero-order valence-corrected chi connectivity index (χ0v) is 16.9. The Balaban J connectivity index is 2.01. The number of hydrogen-bond donors (Lipinski definition) is 2. The molecule has 0 saturated heterocycles. The number of aliphatic hydroxyl groups is 2. The van der Waals surface area contributed by atoms with E-state index in [2.05, 4.69) is 69.3 Å². The summed E-state index contributed by atoms with van der Waals surface area (Å²) in [5, 5.41) is 21.9. The predicted octanol–water partition coefficient (Wildman–Crippen LogP) is 2.55. The lowest BCUT2D eigenvalue weighted by atomic mass is 9.72. The Morgan fingerprint density at radius 3 is 1.85 bits per heavy atom. The van der Waals surface area contributed by atoms with Crippen LogP contribution in [0.4, 0.5) is 0 Å². The van der Waals surface area contributed by atoms with Gasteiger partial charge in [-0.1, -0.05) is 81.4 Å². The predicted molar refractivity (Wildman–Crippen MR) is 108 cm³/mol. The molecule has 1 fully saturated rings. The van der Waals surface area contributed by atoms with Gasteiger partial charge in [0.2, 0.25) is 0 Å². The molecule has 0 amide bonds. The van der Waals surface area contributed by atoms with E-state index in [1.54, 1.807) is 0 Å². The third kappa shape index (κ3) is 3.39. The van der Waals surface area contributed by atoms with E-state index in [0.717, 1.165) is 0 Å². The summed E-state index contributed by atoms with van der Waals surface area (Å²) in [5.41, 5.74) is 0. The Morgan fingerprint density at radius 2 is 1.46 bits per heavy atom. The van der Waals surface area contributed by atoms with E-state index in [1.807, 2.05) is 12.1 Å². The molecule has 4 heteroatoms. The molecule has 0 aromatic heterocycles. The molecule has 3 atom stereocenters. The molecule has 0 radical (unpaired) electrons. The highest BCUT2D eigenvalue weighted by molar-refractivity contribution is 6.99. The second kappa shape index (κ2) is 7.65. The summed E-state index contributed by atoms with van der Waals surface area (Å²) in [6.45, 7) is 7.39. The molecule has 2 N–H and O–H groups in total. The smallest absolute Gasteiger partial charge is 0.261 e. The lowest BCUT2D eigenvalue weighted by Gasteiger charge is -2.47. The molecular formula is C22H30O3Si. The standard InChI is InChI=1S/C22H30O3Si/c1-22(2,3)26(18-10-6-4-7-11-18,19-12-8-5-9-13-19)25-16-17-14-21(24)20(17)15-23/h4-13,17,20-21,23-24H,14-16H2,1-3H3/t17-,20-,21+/m0/s1. The molecule has 3 nitrogen and oxygen atoms in total. The van der Waals surface area contributed by atoms with E-state index in [4.69, 9.17) is 4.43 Å². The lowest BCUT2D eigenvalue weighted by Crippen LogP contribution is -2.67. The summed E-state index contributed by atoms with van der Waals surface area (Å²) in [6, 6.07) is 21.1. The van der Waals surface area contributed by atoms with Crippen molar-refractivity contribution in [2.24, 2.45) is 11.8 Å². The lowest BCUT2D eigenvalue weighted by molar-refractivity contribution is -0.0753. The number of hydrogen-bond acceptors (Lipinski definition) is 3. The molecule has 26 heavy (non-hydrogen) atoms. The number of aliphatic hydroxyl groups excluding tert-OH is 2. The van der Waals surface area contributed by atoms with Gasteiger partial charge >= 0.3 is 0 Å². The topological polar surface area (TPSA) is 49.7 Å². The van der Waals surface area contributed by atoms with Gasteiger partial charge in [0.1, 0.15) is 0 Å². The van der Waals surface area contributed by atoms with Gasteiger partial charge in [-0.05, 0) is 27.8 Å². The summed E-state index contributed by atoms with van der Waals surface area (Å²) >= 11 is 0. The van der Waals surface area contributed by atoms with E-state index in [-0.39, 0.29) is 23.5 Å². The van der Waals surface area contributed by atoms with Crippen LogP contribution >= 0.6 is 0 Å². The minimum absolute atomic E-state index is 0.0238. The zero-order chi connectivity index (χ0) is 18.8. The summed E-state index contributed by atoms with van der Waals surface area (Å²) < 4.78 is 6.87. The average Bonchev–Trinajstić information content (AvgIpc) is 2.62. The first-order valence-electron chi connectivity index (χ1n) is 9.44. The molecule has 0 spiro atoms. The van der Waals surface area contributed by atoms with E-state index in [9.17, 15) is 10.2 Å². The molecule has 1 saturated carbocycles. The molecule has 2 aromatic carbocycles. The summed E-state index contributed by atoms with van der Waals surface area (Å²) in [6.07, 6.45) is 0.316. The Labute approximate surface area is 157 Å². The van der Waals surface area contributed by atoms with Crippen LogP contribution in [0.5, 0.6) is 0 Å². The number of benzene rings is 2. The van der Waals surface area contributed by atoms with E-state index in [0.29, 0.717) is 13.0 Å². The zero-order valence-electron chi connectivity index (χ0n) is 15.9. The fraction of sp³-hybridized carbons (Fsp3) is 0.455. The molecule has 0 aliphatic heterocycles. The Bertz CT molecular complexity index is 657. The highest BCUT2D eigenvalue weighted by atomic mass is 28.4. The van der Waals surface area contributed by atoms with Gasteiger partial charge in [0.15, 0.2) is 0 Å². The summed E-state index contributed by atoms with van der Waals surface area (Å²) in [7, 11) is -2.52. The average molecular weight is 371 g/mol.